The fourth-order valence-corrected chi connectivity index (χ4v) is 4.80. The minimum atomic E-state index is -1.06. The topological polar surface area (TPSA) is 9.23 Å². The van der Waals surface area contributed by atoms with E-state index in [1.807, 2.05) is 0 Å². The van der Waals surface area contributed by atoms with Crippen LogP contribution in [0.1, 0.15) is 72.3 Å². The average Bonchev–Trinajstić information content (AvgIpc) is 2.85. The molecule has 1 aliphatic carbocycles. The van der Waals surface area contributed by atoms with Crippen LogP contribution >= 0.6 is 0 Å². The highest BCUT2D eigenvalue weighted by Crippen LogP contribution is 2.42. The molecular weight excluding hydrogens is 459 g/mol. The molecule has 0 aromatic heterocycles. The van der Waals surface area contributed by atoms with Crippen LogP contribution in [0, 0.1) is 36.0 Å². The highest BCUT2D eigenvalue weighted by molar-refractivity contribution is 5.70. The van der Waals surface area contributed by atoms with E-state index in [9.17, 15) is 22.0 Å². The normalized spacial score (nSPS) is 18.3. The molecule has 4 rings (SSSR count). The van der Waals surface area contributed by atoms with Crippen LogP contribution in [-0.4, -0.2) is 6.61 Å². The van der Waals surface area contributed by atoms with Gasteiger partial charge in [-0.25, -0.2) is 17.6 Å². The summed E-state index contributed by atoms with van der Waals surface area (Å²) in [7, 11) is 0. The summed E-state index contributed by atoms with van der Waals surface area (Å²) in [6, 6.07) is 10.8. The minimum Gasteiger partial charge on any atom is -0.491 e. The third-order valence-electron chi connectivity index (χ3n) is 6.77. The van der Waals surface area contributed by atoms with Gasteiger partial charge in [0.15, 0.2) is 23.2 Å². The molecule has 0 spiro atoms. The quantitative estimate of drug-likeness (QED) is 0.250. The molecule has 6 heteroatoms. The van der Waals surface area contributed by atoms with Gasteiger partial charge in [0.25, 0.3) is 0 Å². The zero-order chi connectivity index (χ0) is 25.1. The van der Waals surface area contributed by atoms with E-state index in [1.165, 1.54) is 37.3 Å². The molecule has 0 heterocycles. The van der Waals surface area contributed by atoms with E-state index in [2.05, 4.69) is 0 Å². The molecule has 1 fully saturated rings. The van der Waals surface area contributed by atoms with Crippen molar-refractivity contribution in [1.82, 2.24) is 0 Å². The van der Waals surface area contributed by atoms with E-state index in [0.717, 1.165) is 0 Å². The smallest absolute Gasteiger partial charge is 0.201 e. The lowest BCUT2D eigenvalue weighted by Crippen LogP contribution is -2.15. The van der Waals surface area contributed by atoms with Gasteiger partial charge in [0, 0.05) is 5.56 Å². The zero-order valence-electron chi connectivity index (χ0n) is 19.7. The highest BCUT2D eigenvalue weighted by Gasteiger charge is 2.28. The third-order valence-corrected chi connectivity index (χ3v) is 6.77. The van der Waals surface area contributed by atoms with Gasteiger partial charge < -0.3 is 4.74 Å². The Balaban J connectivity index is 1.44. The molecule has 1 saturated carbocycles. The van der Waals surface area contributed by atoms with Crippen LogP contribution in [-0.2, 0) is 0 Å². The van der Waals surface area contributed by atoms with E-state index >= 15 is 0 Å². The van der Waals surface area contributed by atoms with Gasteiger partial charge in [0.05, 0.1) is 6.61 Å². The number of hydrogen-bond acceptors (Lipinski definition) is 1. The van der Waals surface area contributed by atoms with Gasteiger partial charge in [-0.15, -0.1) is 0 Å². The lowest BCUT2D eigenvalue weighted by Gasteiger charge is -2.29. The van der Waals surface area contributed by atoms with Gasteiger partial charge in [0.1, 0.15) is 5.82 Å². The summed E-state index contributed by atoms with van der Waals surface area (Å²) in [6.07, 6.45) is 5.55. The summed E-state index contributed by atoms with van der Waals surface area (Å²) in [6.45, 7) is 3.44. The molecular formula is C29H27F5O. The molecule has 35 heavy (non-hydrogen) atoms. The van der Waals surface area contributed by atoms with Crippen LogP contribution in [0.4, 0.5) is 22.0 Å². The Morgan fingerprint density at radius 2 is 1.40 bits per heavy atom. The Labute approximate surface area is 202 Å². The first-order valence-corrected chi connectivity index (χ1v) is 11.8. The van der Waals surface area contributed by atoms with Crippen molar-refractivity contribution < 1.29 is 26.7 Å². The first-order valence-electron chi connectivity index (χ1n) is 11.8. The predicted octanol–water partition coefficient (Wildman–Crippen LogP) is 8.70. The van der Waals surface area contributed by atoms with Gasteiger partial charge in [-0.2, -0.15) is 4.39 Å². The molecule has 0 N–H and O–H groups in total. The SMILES string of the molecule is CCOc1ccc(/C=C/c2ccc(C3CCC(c4ccc(C)c(F)c4F)CC3)c(F)c2)c(F)c1F. The summed E-state index contributed by atoms with van der Waals surface area (Å²) in [5.74, 6) is -4.28. The maximum atomic E-state index is 14.9. The summed E-state index contributed by atoms with van der Waals surface area (Å²) in [5, 5.41) is 0. The Morgan fingerprint density at radius 1 is 0.743 bits per heavy atom. The van der Waals surface area contributed by atoms with Gasteiger partial charge in [-0.1, -0.05) is 36.4 Å². The zero-order valence-corrected chi connectivity index (χ0v) is 19.7. The van der Waals surface area contributed by atoms with E-state index in [1.54, 1.807) is 31.2 Å². The van der Waals surface area contributed by atoms with E-state index in [4.69, 9.17) is 4.74 Å². The van der Waals surface area contributed by atoms with Crippen LogP contribution < -0.4 is 4.74 Å². The standard InChI is InChI=1S/C29H27F5O/c1-3-35-25-15-12-21(27(32)29(25)34)7-5-18-6-14-22(24(30)16-18)19-8-10-20(11-9-19)23-13-4-17(2)26(31)28(23)33/h4-7,12-16,19-20H,3,8-11H2,1-2H3/b7-5+. The van der Waals surface area contributed by atoms with Crippen molar-refractivity contribution in [3.05, 3.63) is 99.4 Å². The molecule has 0 aliphatic heterocycles. The summed E-state index contributed by atoms with van der Waals surface area (Å²) < 4.78 is 76.7. The summed E-state index contributed by atoms with van der Waals surface area (Å²) >= 11 is 0. The highest BCUT2D eigenvalue weighted by atomic mass is 19.2. The van der Waals surface area contributed by atoms with Crippen LogP contribution in [0.25, 0.3) is 12.2 Å². The van der Waals surface area contributed by atoms with E-state index in [-0.39, 0.29) is 41.1 Å². The predicted molar refractivity (Wildman–Crippen MR) is 128 cm³/mol. The monoisotopic (exact) mass is 486 g/mol. The second-order valence-electron chi connectivity index (χ2n) is 8.98. The van der Waals surface area contributed by atoms with Crippen molar-refractivity contribution in [1.29, 1.82) is 0 Å². The van der Waals surface area contributed by atoms with E-state index in [0.29, 0.717) is 42.4 Å². The lowest BCUT2D eigenvalue weighted by molar-refractivity contribution is 0.314. The molecule has 1 nitrogen and oxygen atoms in total. The van der Waals surface area contributed by atoms with Crippen molar-refractivity contribution in [3.8, 4) is 5.75 Å². The summed E-state index contributed by atoms with van der Waals surface area (Å²) in [5.41, 5.74) is 1.81. The number of halogens is 5. The first-order chi connectivity index (χ1) is 16.8. The molecule has 0 bridgehead atoms. The number of hydrogen-bond donors (Lipinski definition) is 0. The Morgan fingerprint density at radius 3 is 2.06 bits per heavy atom. The molecule has 184 valence electrons. The fraction of sp³-hybridized carbons (Fsp3) is 0.310. The molecule has 3 aromatic carbocycles. The average molecular weight is 487 g/mol. The number of rotatable bonds is 6. The van der Waals surface area contributed by atoms with Crippen molar-refractivity contribution in [3.63, 3.8) is 0 Å². The molecule has 0 amide bonds. The minimum absolute atomic E-state index is 0.0136. The maximum Gasteiger partial charge on any atom is 0.201 e. The Kier molecular flexibility index (Phi) is 7.58. The largest absolute Gasteiger partial charge is 0.491 e. The van der Waals surface area contributed by atoms with Crippen molar-refractivity contribution in [2.24, 2.45) is 0 Å². The lowest BCUT2D eigenvalue weighted by atomic mass is 9.75. The second-order valence-corrected chi connectivity index (χ2v) is 8.98. The number of benzene rings is 3. The van der Waals surface area contributed by atoms with Crippen molar-refractivity contribution >= 4 is 12.2 Å². The van der Waals surface area contributed by atoms with Gasteiger partial charge in [-0.3, -0.25) is 0 Å². The van der Waals surface area contributed by atoms with Crippen LogP contribution in [0.15, 0.2) is 42.5 Å². The Hall–Kier alpha value is -3.15. The van der Waals surface area contributed by atoms with Crippen LogP contribution in [0.3, 0.4) is 0 Å². The molecule has 0 saturated heterocycles. The van der Waals surface area contributed by atoms with Crippen LogP contribution in [0.5, 0.6) is 5.75 Å². The molecule has 3 aromatic rings. The molecule has 0 radical (unpaired) electrons. The fourth-order valence-electron chi connectivity index (χ4n) is 4.80. The van der Waals surface area contributed by atoms with Crippen LogP contribution in [0.2, 0.25) is 0 Å². The second kappa shape index (κ2) is 10.6. The number of ether oxygens (including phenoxy) is 1. The van der Waals surface area contributed by atoms with Gasteiger partial charge in [-0.05, 0) is 91.8 Å². The van der Waals surface area contributed by atoms with Crippen molar-refractivity contribution in [2.45, 2.75) is 51.4 Å². The van der Waals surface area contributed by atoms with Crippen molar-refractivity contribution in [2.75, 3.05) is 6.61 Å². The van der Waals surface area contributed by atoms with Gasteiger partial charge >= 0.3 is 0 Å². The number of aryl methyl sites for hydroxylation is 1. The third kappa shape index (κ3) is 5.26. The maximum absolute atomic E-state index is 14.9. The summed E-state index contributed by atoms with van der Waals surface area (Å²) in [4.78, 5) is 0. The van der Waals surface area contributed by atoms with Gasteiger partial charge in [0.2, 0.25) is 5.82 Å². The molecule has 0 atom stereocenters. The molecule has 0 unspecified atom stereocenters. The molecule has 1 aliphatic rings. The van der Waals surface area contributed by atoms with E-state index < -0.39 is 23.3 Å². The Bertz CT molecular complexity index is 1240. The first kappa shape index (κ1) is 25.0.